The number of aromatic nitrogens is 3. The van der Waals surface area contributed by atoms with Crippen LogP contribution in [-0.4, -0.2) is 45.9 Å². The fraction of sp³-hybridized carbons (Fsp3) is 0.433. The Balaban J connectivity index is 1.23. The van der Waals surface area contributed by atoms with Crippen LogP contribution in [0.3, 0.4) is 0 Å². The minimum absolute atomic E-state index is 0.0159. The molecule has 1 aliphatic carbocycles. The largest absolute Gasteiger partial charge is 0.492 e. The van der Waals surface area contributed by atoms with Gasteiger partial charge >= 0.3 is 18.1 Å². The summed E-state index contributed by atoms with van der Waals surface area (Å²) < 4.78 is 95.7. The lowest BCUT2D eigenvalue weighted by atomic mass is 9.96. The lowest BCUT2D eigenvalue weighted by Gasteiger charge is -2.32. The summed E-state index contributed by atoms with van der Waals surface area (Å²) >= 11 is 1.25. The van der Waals surface area contributed by atoms with Crippen LogP contribution in [0, 0.1) is 11.8 Å². The Morgan fingerprint density at radius 1 is 0.978 bits per heavy atom. The Bertz CT molecular complexity index is 1670. The zero-order valence-electron chi connectivity index (χ0n) is 23.7. The molecule has 45 heavy (non-hydrogen) atoms. The maximum atomic E-state index is 13.2. The second-order valence-corrected chi connectivity index (χ2v) is 12.3. The average Bonchev–Trinajstić information content (AvgIpc) is 3.60. The van der Waals surface area contributed by atoms with Crippen molar-refractivity contribution in [1.82, 2.24) is 20.0 Å². The van der Waals surface area contributed by atoms with Crippen LogP contribution in [0.25, 0.3) is 22.0 Å². The van der Waals surface area contributed by atoms with Gasteiger partial charge < -0.3 is 9.47 Å². The number of hydrogen-bond acceptors (Lipinski definition) is 8. The third kappa shape index (κ3) is 7.69. The molecule has 2 aromatic heterocycles. The van der Waals surface area contributed by atoms with Gasteiger partial charge in [-0.15, -0.1) is 11.3 Å². The predicted molar refractivity (Wildman–Crippen MR) is 152 cm³/mol. The Morgan fingerprint density at radius 3 is 2.33 bits per heavy atom. The Kier molecular flexibility index (Phi) is 8.66. The molecule has 2 aliphatic rings. The summed E-state index contributed by atoms with van der Waals surface area (Å²) in [5.41, 5.74) is 0.802. The zero-order valence-corrected chi connectivity index (χ0v) is 24.5. The highest BCUT2D eigenvalue weighted by molar-refractivity contribution is 7.15. The van der Waals surface area contributed by atoms with Gasteiger partial charge in [0.15, 0.2) is 5.82 Å². The van der Waals surface area contributed by atoms with Gasteiger partial charge in [0.25, 0.3) is 0 Å². The van der Waals surface area contributed by atoms with E-state index in [2.05, 4.69) is 14.7 Å². The minimum Gasteiger partial charge on any atom is -0.492 e. The van der Waals surface area contributed by atoms with E-state index >= 15 is 0 Å². The number of nitrogens with one attached hydrogen (secondary N) is 1. The van der Waals surface area contributed by atoms with Crippen molar-refractivity contribution in [3.63, 3.8) is 0 Å². The standard InChI is InChI=1S/C30H28F6N4O4S/c31-29(32,33)19-5-3-18(4-6-19)27-37-23(14-40-11-9-20(10-12-40)30(34,35)36)25(45-27)16-42-21-7-8-22(26-38-28(41)44-39-26)24(13-21)43-15-17-1-2-17/h3-8,13,17,20H,1-2,9-12,14-16H2,(H,38,39,41). The molecule has 3 heterocycles. The van der Waals surface area contributed by atoms with Gasteiger partial charge in [-0.05, 0) is 69.0 Å². The van der Waals surface area contributed by atoms with Gasteiger partial charge in [-0.1, -0.05) is 17.3 Å². The molecular weight excluding hydrogens is 626 g/mol. The summed E-state index contributed by atoms with van der Waals surface area (Å²) in [6.45, 7) is 1.29. The highest BCUT2D eigenvalue weighted by atomic mass is 32.1. The number of halogens is 6. The molecule has 0 amide bonds. The summed E-state index contributed by atoms with van der Waals surface area (Å²) in [5, 5.41) is 4.22. The second kappa shape index (κ2) is 12.5. The molecule has 4 aromatic rings. The maximum Gasteiger partial charge on any atom is 0.439 e. The smallest absolute Gasteiger partial charge is 0.439 e. The average molecular weight is 655 g/mol. The van der Waals surface area contributed by atoms with E-state index in [1.807, 2.05) is 4.90 Å². The zero-order chi connectivity index (χ0) is 31.8. The Labute approximate surface area is 257 Å². The van der Waals surface area contributed by atoms with Crippen molar-refractivity contribution in [3.05, 3.63) is 69.1 Å². The van der Waals surface area contributed by atoms with Crippen LogP contribution in [0.5, 0.6) is 11.5 Å². The van der Waals surface area contributed by atoms with E-state index in [0.717, 1.165) is 25.0 Å². The van der Waals surface area contributed by atoms with Crippen LogP contribution in [-0.2, 0) is 19.3 Å². The summed E-state index contributed by atoms with van der Waals surface area (Å²) in [6.07, 6.45) is -6.61. The lowest BCUT2D eigenvalue weighted by molar-refractivity contribution is -0.185. The van der Waals surface area contributed by atoms with Gasteiger partial charge in [-0.3, -0.25) is 14.4 Å². The highest BCUT2D eigenvalue weighted by Gasteiger charge is 2.41. The molecule has 0 atom stereocenters. The Hall–Kier alpha value is -3.85. The number of H-pyrrole nitrogens is 1. The van der Waals surface area contributed by atoms with Crippen LogP contribution in [0.4, 0.5) is 26.3 Å². The van der Waals surface area contributed by atoms with Crippen LogP contribution in [0.15, 0.2) is 51.8 Å². The van der Waals surface area contributed by atoms with E-state index < -0.39 is 29.6 Å². The van der Waals surface area contributed by atoms with Gasteiger partial charge in [0.2, 0.25) is 0 Å². The summed E-state index contributed by atoms with van der Waals surface area (Å²) in [7, 11) is 0. The van der Waals surface area contributed by atoms with Gasteiger partial charge in [0.1, 0.15) is 23.1 Å². The molecule has 1 N–H and O–H groups in total. The fourth-order valence-corrected chi connectivity index (χ4v) is 6.06. The molecule has 6 rings (SSSR count). The van der Waals surface area contributed by atoms with Crippen molar-refractivity contribution >= 4 is 11.3 Å². The number of nitrogens with zero attached hydrogens (tertiary/aromatic N) is 3. The number of aromatic amines is 1. The van der Waals surface area contributed by atoms with E-state index in [9.17, 15) is 31.1 Å². The summed E-state index contributed by atoms with van der Waals surface area (Å²) in [6, 6.07) is 9.69. The fourth-order valence-electron chi connectivity index (χ4n) is 5.07. The first kappa shape index (κ1) is 31.1. The van der Waals surface area contributed by atoms with Crippen LogP contribution in [0.1, 0.15) is 41.8 Å². The quantitative estimate of drug-likeness (QED) is 0.179. The summed E-state index contributed by atoms with van der Waals surface area (Å²) in [4.78, 5) is 21.3. The Morgan fingerprint density at radius 2 is 1.71 bits per heavy atom. The van der Waals surface area contributed by atoms with Crippen LogP contribution < -0.4 is 15.2 Å². The molecule has 8 nitrogen and oxygen atoms in total. The van der Waals surface area contributed by atoms with Crippen molar-refractivity contribution in [2.45, 2.75) is 51.2 Å². The van der Waals surface area contributed by atoms with E-state index in [-0.39, 0.29) is 44.9 Å². The highest BCUT2D eigenvalue weighted by Crippen LogP contribution is 2.38. The van der Waals surface area contributed by atoms with E-state index in [0.29, 0.717) is 50.7 Å². The molecular formula is C30H28F6N4O4S. The SMILES string of the molecule is O=c1[nH]c(-c2ccc(OCc3sc(-c4ccc(C(F)(F)F)cc4)nc3CN3CCC(C(F)(F)F)CC3)cc2OCC2CC2)no1. The van der Waals surface area contributed by atoms with Crippen molar-refractivity contribution in [2.75, 3.05) is 19.7 Å². The summed E-state index contributed by atoms with van der Waals surface area (Å²) in [5.74, 6) is -0.518. The molecule has 240 valence electrons. The molecule has 0 spiro atoms. The molecule has 0 radical (unpaired) electrons. The maximum absolute atomic E-state index is 13.2. The van der Waals surface area contributed by atoms with E-state index in [1.54, 1.807) is 18.2 Å². The molecule has 2 aromatic carbocycles. The van der Waals surface area contributed by atoms with Crippen molar-refractivity contribution in [1.29, 1.82) is 0 Å². The third-order valence-corrected chi connectivity index (χ3v) is 8.97. The number of hydrogen-bond donors (Lipinski definition) is 1. The first-order chi connectivity index (χ1) is 21.4. The molecule has 0 unspecified atom stereocenters. The van der Waals surface area contributed by atoms with Gasteiger partial charge in [0.05, 0.1) is 34.2 Å². The number of thiazole rings is 1. The number of piperidine rings is 1. The topological polar surface area (TPSA) is 93.5 Å². The van der Waals surface area contributed by atoms with Crippen molar-refractivity contribution in [2.24, 2.45) is 11.8 Å². The molecule has 15 heteroatoms. The first-order valence-corrected chi connectivity index (χ1v) is 15.2. The number of benzene rings is 2. The normalized spacial score (nSPS) is 16.7. The van der Waals surface area contributed by atoms with E-state index in [1.165, 1.54) is 23.5 Å². The van der Waals surface area contributed by atoms with Gasteiger partial charge in [0, 0.05) is 18.2 Å². The number of ether oxygens (including phenoxy) is 2. The van der Waals surface area contributed by atoms with Crippen molar-refractivity contribution in [3.8, 4) is 33.5 Å². The lowest BCUT2D eigenvalue weighted by Crippen LogP contribution is -2.38. The number of rotatable bonds is 10. The molecule has 1 saturated heterocycles. The van der Waals surface area contributed by atoms with Crippen LogP contribution in [0.2, 0.25) is 0 Å². The van der Waals surface area contributed by atoms with E-state index in [4.69, 9.17) is 14.5 Å². The predicted octanol–water partition coefficient (Wildman–Crippen LogP) is 7.31. The molecule has 1 aliphatic heterocycles. The second-order valence-electron chi connectivity index (χ2n) is 11.2. The van der Waals surface area contributed by atoms with Gasteiger partial charge in [-0.25, -0.2) is 9.78 Å². The first-order valence-electron chi connectivity index (χ1n) is 14.3. The van der Waals surface area contributed by atoms with Crippen molar-refractivity contribution < 1.29 is 40.3 Å². The van der Waals surface area contributed by atoms with Gasteiger partial charge in [-0.2, -0.15) is 26.3 Å². The molecule has 1 saturated carbocycles. The third-order valence-electron chi connectivity index (χ3n) is 7.85. The van der Waals surface area contributed by atoms with Crippen LogP contribution >= 0.6 is 11.3 Å². The number of likely N-dealkylation sites (tertiary alicyclic amines) is 1. The molecule has 0 bridgehead atoms. The number of alkyl halides is 6. The minimum atomic E-state index is -4.48. The molecule has 2 fully saturated rings. The monoisotopic (exact) mass is 654 g/mol.